The quantitative estimate of drug-likeness (QED) is 0.425. The van der Waals surface area contributed by atoms with E-state index < -0.39 is 28.5 Å². The fourth-order valence-electron chi connectivity index (χ4n) is 2.79. The Morgan fingerprint density at radius 1 is 1.27 bits per heavy atom. The maximum Gasteiger partial charge on any atom is 0.294 e. The normalized spacial score (nSPS) is 14.9. The lowest BCUT2D eigenvalue weighted by Gasteiger charge is -2.12. The van der Waals surface area contributed by atoms with Gasteiger partial charge >= 0.3 is 0 Å². The standard InChI is InChI=1S/C20H17N3O6S/c1-12-4-3-5-14(8-12)21-18(24)11-22-19(25)17(30-20(22)26)10-13-9-15(23(27)28)6-7-16(13)29-2/h3-10H,11H2,1-2H3,(H,21,24). The number of carbonyl (C=O) groups excluding carboxylic acids is 3. The summed E-state index contributed by atoms with van der Waals surface area (Å²) in [5.41, 5.74) is 1.61. The molecule has 1 fully saturated rings. The third-order valence-corrected chi connectivity index (χ3v) is 5.10. The molecule has 154 valence electrons. The van der Waals surface area contributed by atoms with Crippen molar-refractivity contribution >= 4 is 46.3 Å². The second-order valence-electron chi connectivity index (χ2n) is 6.37. The number of imide groups is 1. The Labute approximate surface area is 175 Å². The van der Waals surface area contributed by atoms with Crippen molar-refractivity contribution in [2.45, 2.75) is 6.92 Å². The summed E-state index contributed by atoms with van der Waals surface area (Å²) in [6.45, 7) is 1.43. The number of anilines is 1. The van der Waals surface area contributed by atoms with Gasteiger partial charge < -0.3 is 10.1 Å². The second kappa shape index (κ2) is 8.78. The summed E-state index contributed by atoms with van der Waals surface area (Å²) in [4.78, 5) is 48.5. The Balaban J connectivity index is 1.78. The number of nitrogens with zero attached hydrogens (tertiary/aromatic N) is 2. The highest BCUT2D eigenvalue weighted by Gasteiger charge is 2.36. The van der Waals surface area contributed by atoms with E-state index in [1.54, 1.807) is 18.2 Å². The number of aryl methyl sites for hydroxylation is 1. The van der Waals surface area contributed by atoms with Gasteiger partial charge in [0.2, 0.25) is 5.91 Å². The molecular formula is C20H17N3O6S. The molecule has 0 radical (unpaired) electrons. The molecule has 0 aliphatic carbocycles. The Bertz CT molecular complexity index is 1080. The van der Waals surface area contributed by atoms with E-state index >= 15 is 0 Å². The number of hydrogen-bond donors (Lipinski definition) is 1. The predicted molar refractivity (Wildman–Crippen MR) is 112 cm³/mol. The SMILES string of the molecule is COc1ccc([N+](=O)[O-])cc1C=C1SC(=O)N(CC(=O)Nc2cccc(C)c2)C1=O. The number of hydrogen-bond acceptors (Lipinski definition) is 7. The topological polar surface area (TPSA) is 119 Å². The van der Waals surface area contributed by atoms with Crippen LogP contribution >= 0.6 is 11.8 Å². The van der Waals surface area contributed by atoms with Gasteiger partial charge in [-0.15, -0.1) is 0 Å². The van der Waals surface area contributed by atoms with Crippen LogP contribution < -0.4 is 10.1 Å². The van der Waals surface area contributed by atoms with Gasteiger partial charge in [0.15, 0.2) is 0 Å². The number of ether oxygens (including phenoxy) is 1. The molecule has 10 heteroatoms. The number of nitro groups is 1. The molecule has 0 spiro atoms. The van der Waals surface area contributed by atoms with Crippen LogP contribution in [-0.2, 0) is 9.59 Å². The molecule has 1 saturated heterocycles. The molecule has 0 unspecified atom stereocenters. The van der Waals surface area contributed by atoms with Crippen molar-refractivity contribution < 1.29 is 24.0 Å². The van der Waals surface area contributed by atoms with Crippen LogP contribution in [-0.4, -0.2) is 40.5 Å². The minimum absolute atomic E-state index is 0.0437. The van der Waals surface area contributed by atoms with Gasteiger partial charge in [0.05, 0.1) is 16.9 Å². The zero-order valence-electron chi connectivity index (χ0n) is 16.1. The molecule has 0 bridgehead atoms. The molecule has 3 rings (SSSR count). The smallest absolute Gasteiger partial charge is 0.294 e. The van der Waals surface area contributed by atoms with Crippen molar-refractivity contribution in [3.05, 3.63) is 68.6 Å². The molecule has 1 aliphatic heterocycles. The average Bonchev–Trinajstić information content (AvgIpc) is 2.95. The van der Waals surface area contributed by atoms with Gasteiger partial charge in [0.25, 0.3) is 16.8 Å². The molecule has 1 heterocycles. The maximum absolute atomic E-state index is 12.6. The summed E-state index contributed by atoms with van der Waals surface area (Å²) in [6.07, 6.45) is 1.34. The van der Waals surface area contributed by atoms with E-state index in [0.717, 1.165) is 10.5 Å². The molecule has 3 amide bonds. The first-order valence-corrected chi connectivity index (χ1v) is 9.54. The van der Waals surface area contributed by atoms with Crippen LogP contribution in [0.2, 0.25) is 0 Å². The lowest BCUT2D eigenvalue weighted by molar-refractivity contribution is -0.384. The lowest BCUT2D eigenvalue weighted by atomic mass is 10.1. The zero-order valence-corrected chi connectivity index (χ0v) is 16.9. The fraction of sp³-hybridized carbons (Fsp3) is 0.150. The summed E-state index contributed by atoms with van der Waals surface area (Å²) >= 11 is 0.654. The summed E-state index contributed by atoms with van der Waals surface area (Å²) in [7, 11) is 1.39. The highest BCUT2D eigenvalue weighted by atomic mass is 32.2. The highest BCUT2D eigenvalue weighted by Crippen LogP contribution is 2.35. The molecule has 2 aromatic rings. The number of non-ortho nitro benzene ring substituents is 1. The monoisotopic (exact) mass is 427 g/mol. The van der Waals surface area contributed by atoms with Crippen LogP contribution in [0.1, 0.15) is 11.1 Å². The number of carbonyl (C=O) groups is 3. The minimum Gasteiger partial charge on any atom is -0.496 e. The largest absolute Gasteiger partial charge is 0.496 e. The van der Waals surface area contributed by atoms with Crippen LogP contribution in [0.25, 0.3) is 6.08 Å². The fourth-order valence-corrected chi connectivity index (χ4v) is 3.62. The summed E-state index contributed by atoms with van der Waals surface area (Å²) in [6, 6.07) is 11.0. The Morgan fingerprint density at radius 2 is 2.03 bits per heavy atom. The molecule has 0 aromatic heterocycles. The number of benzene rings is 2. The van der Waals surface area contributed by atoms with Crippen molar-refractivity contribution in [1.82, 2.24) is 4.90 Å². The van der Waals surface area contributed by atoms with Crippen molar-refractivity contribution in [3.8, 4) is 5.75 Å². The molecule has 2 aromatic carbocycles. The minimum atomic E-state index is -0.655. The first-order chi connectivity index (χ1) is 14.3. The highest BCUT2D eigenvalue weighted by molar-refractivity contribution is 8.18. The van der Waals surface area contributed by atoms with E-state index in [1.165, 1.54) is 31.4 Å². The number of methoxy groups -OCH3 is 1. The number of nitrogens with one attached hydrogen (secondary N) is 1. The van der Waals surface area contributed by atoms with Gasteiger partial charge in [-0.05, 0) is 48.5 Å². The van der Waals surface area contributed by atoms with E-state index in [1.807, 2.05) is 13.0 Å². The first-order valence-electron chi connectivity index (χ1n) is 8.73. The molecular weight excluding hydrogens is 410 g/mol. The molecule has 30 heavy (non-hydrogen) atoms. The van der Waals surface area contributed by atoms with Gasteiger partial charge in [-0.3, -0.25) is 29.4 Å². The lowest BCUT2D eigenvalue weighted by Crippen LogP contribution is -2.36. The van der Waals surface area contributed by atoms with E-state index in [4.69, 9.17) is 4.74 Å². The second-order valence-corrected chi connectivity index (χ2v) is 7.36. The zero-order chi connectivity index (χ0) is 21.8. The molecule has 0 atom stereocenters. The van der Waals surface area contributed by atoms with Gasteiger partial charge in [0, 0.05) is 23.4 Å². The predicted octanol–water partition coefficient (Wildman–Crippen LogP) is 3.59. The number of rotatable bonds is 6. The van der Waals surface area contributed by atoms with Crippen molar-refractivity contribution in [2.24, 2.45) is 0 Å². The molecule has 1 N–H and O–H groups in total. The number of nitro benzene ring substituents is 1. The average molecular weight is 427 g/mol. The Hall–Kier alpha value is -3.66. The molecule has 9 nitrogen and oxygen atoms in total. The first kappa shape index (κ1) is 21.1. The number of thioether (sulfide) groups is 1. The number of amides is 3. The Kier molecular flexibility index (Phi) is 6.17. The summed E-state index contributed by atoms with van der Waals surface area (Å²) < 4.78 is 5.17. The summed E-state index contributed by atoms with van der Waals surface area (Å²) in [5, 5.41) is 13.1. The molecule has 0 saturated carbocycles. The van der Waals surface area contributed by atoms with E-state index in [0.29, 0.717) is 23.2 Å². The van der Waals surface area contributed by atoms with Crippen LogP contribution in [0.15, 0.2) is 47.4 Å². The Morgan fingerprint density at radius 3 is 2.70 bits per heavy atom. The van der Waals surface area contributed by atoms with E-state index in [9.17, 15) is 24.5 Å². The van der Waals surface area contributed by atoms with Crippen molar-refractivity contribution in [2.75, 3.05) is 19.0 Å². The van der Waals surface area contributed by atoms with Gasteiger partial charge in [0.1, 0.15) is 12.3 Å². The van der Waals surface area contributed by atoms with Crippen LogP contribution in [0.4, 0.5) is 16.2 Å². The van der Waals surface area contributed by atoms with Crippen LogP contribution in [0, 0.1) is 17.0 Å². The van der Waals surface area contributed by atoms with Crippen LogP contribution in [0.5, 0.6) is 5.75 Å². The van der Waals surface area contributed by atoms with E-state index in [2.05, 4.69) is 5.32 Å². The van der Waals surface area contributed by atoms with Gasteiger partial charge in [-0.1, -0.05) is 12.1 Å². The maximum atomic E-state index is 12.6. The molecule has 1 aliphatic rings. The van der Waals surface area contributed by atoms with Crippen molar-refractivity contribution in [1.29, 1.82) is 0 Å². The van der Waals surface area contributed by atoms with Gasteiger partial charge in [-0.25, -0.2) is 0 Å². The van der Waals surface area contributed by atoms with E-state index in [-0.39, 0.29) is 16.2 Å². The third kappa shape index (κ3) is 4.66. The van der Waals surface area contributed by atoms with Gasteiger partial charge in [-0.2, -0.15) is 0 Å². The summed E-state index contributed by atoms with van der Waals surface area (Å²) in [5.74, 6) is -0.861. The van der Waals surface area contributed by atoms with Crippen LogP contribution in [0.3, 0.4) is 0 Å². The van der Waals surface area contributed by atoms with Crippen molar-refractivity contribution in [3.63, 3.8) is 0 Å². The third-order valence-electron chi connectivity index (χ3n) is 4.19.